The molecular weight excluding hydrogens is 344 g/mol. The molecule has 1 atom stereocenters. The Labute approximate surface area is 157 Å². The summed E-state index contributed by atoms with van der Waals surface area (Å²) in [6.45, 7) is 6.56. The van der Waals surface area contributed by atoms with Crippen molar-refractivity contribution in [2.45, 2.75) is 39.8 Å². The van der Waals surface area contributed by atoms with Crippen LogP contribution in [0.15, 0.2) is 46.0 Å². The molecule has 1 amide bonds. The molecule has 0 saturated carbocycles. The Hall–Kier alpha value is -2.40. The summed E-state index contributed by atoms with van der Waals surface area (Å²) < 4.78 is 1.86. The number of amides is 1. The first-order chi connectivity index (χ1) is 12.4. The van der Waals surface area contributed by atoms with Crippen molar-refractivity contribution in [1.29, 1.82) is 0 Å². The summed E-state index contributed by atoms with van der Waals surface area (Å²) in [5, 5.41) is 4.65. The number of benzene rings is 1. The molecule has 0 fully saturated rings. The van der Waals surface area contributed by atoms with Crippen LogP contribution in [0.2, 0.25) is 0 Å². The number of rotatable bonds is 5. The predicted octanol–water partition coefficient (Wildman–Crippen LogP) is 4.35. The molecule has 0 aliphatic rings. The van der Waals surface area contributed by atoms with Crippen LogP contribution < -0.4 is 5.43 Å². The van der Waals surface area contributed by atoms with Gasteiger partial charge in [0.25, 0.3) is 5.91 Å². The smallest absolute Gasteiger partial charge is 0.259 e. The first-order valence-corrected chi connectivity index (χ1v) is 9.78. The minimum atomic E-state index is -0.199. The van der Waals surface area contributed by atoms with Gasteiger partial charge in [0.1, 0.15) is 5.56 Å². The molecule has 0 spiro atoms. The Morgan fingerprint density at radius 2 is 2.08 bits per heavy atom. The third-order valence-corrected chi connectivity index (χ3v) is 5.62. The molecule has 1 aromatic carbocycles. The molecule has 0 N–H and O–H groups in total. The second-order valence-corrected chi connectivity index (χ2v) is 7.61. The Balaban J connectivity index is 2.09. The lowest BCUT2D eigenvalue weighted by atomic mass is 10.1. The van der Waals surface area contributed by atoms with Gasteiger partial charge in [-0.05, 0) is 54.8 Å². The Bertz CT molecular complexity index is 989. The number of carbonyl (C=O) groups is 1. The highest BCUT2D eigenvalue weighted by molar-refractivity contribution is 7.07. The van der Waals surface area contributed by atoms with Crippen molar-refractivity contribution in [2.75, 3.05) is 0 Å². The van der Waals surface area contributed by atoms with E-state index in [2.05, 4.69) is 6.92 Å². The van der Waals surface area contributed by atoms with Crippen molar-refractivity contribution >= 4 is 28.1 Å². The summed E-state index contributed by atoms with van der Waals surface area (Å²) in [6.07, 6.45) is 2.51. The molecule has 1 unspecified atom stereocenters. The molecule has 136 valence electrons. The zero-order valence-electron chi connectivity index (χ0n) is 15.7. The van der Waals surface area contributed by atoms with Crippen molar-refractivity contribution in [2.24, 2.45) is 7.05 Å². The fraction of sp³-hybridized carbons (Fsp3) is 0.333. The van der Waals surface area contributed by atoms with Crippen LogP contribution in [-0.4, -0.2) is 21.4 Å². The van der Waals surface area contributed by atoms with Crippen LogP contribution in [0.3, 0.4) is 0 Å². The predicted molar refractivity (Wildman–Crippen MR) is 108 cm³/mol. The standard InChI is InChI=1S/C21H24N2O2S/c1-5-15(3)23(11-16-8-9-26-13-16)21(25)18-12-22(4)19-7-6-14(2)10-17(19)20(18)24/h6-10,12-13,15H,5,11H2,1-4H3. The summed E-state index contributed by atoms with van der Waals surface area (Å²) in [6, 6.07) is 7.85. The molecule has 3 rings (SSSR count). The minimum Gasteiger partial charge on any atom is -0.350 e. The van der Waals surface area contributed by atoms with E-state index >= 15 is 0 Å². The van der Waals surface area contributed by atoms with Gasteiger partial charge in [0.15, 0.2) is 0 Å². The highest BCUT2D eigenvalue weighted by Gasteiger charge is 2.24. The molecule has 2 aromatic heterocycles. The van der Waals surface area contributed by atoms with Crippen molar-refractivity contribution in [3.8, 4) is 0 Å². The third kappa shape index (κ3) is 3.44. The van der Waals surface area contributed by atoms with Crippen LogP contribution in [-0.2, 0) is 13.6 Å². The maximum Gasteiger partial charge on any atom is 0.259 e. The van der Waals surface area contributed by atoms with Crippen molar-refractivity contribution in [1.82, 2.24) is 9.47 Å². The fourth-order valence-corrected chi connectivity index (χ4v) is 3.80. The summed E-state index contributed by atoms with van der Waals surface area (Å²) in [5.41, 5.74) is 2.99. The summed E-state index contributed by atoms with van der Waals surface area (Å²) >= 11 is 1.61. The second kappa shape index (κ2) is 7.46. The van der Waals surface area contributed by atoms with Crippen LogP contribution in [0.1, 0.15) is 41.8 Å². The number of fused-ring (bicyclic) bond motifs is 1. The van der Waals surface area contributed by atoms with Crippen molar-refractivity contribution in [3.05, 3.63) is 68.1 Å². The van der Waals surface area contributed by atoms with Crippen LogP contribution in [0, 0.1) is 6.92 Å². The average molecular weight is 369 g/mol. The van der Waals surface area contributed by atoms with Crippen LogP contribution in [0.25, 0.3) is 10.9 Å². The second-order valence-electron chi connectivity index (χ2n) is 6.83. The van der Waals surface area contributed by atoms with E-state index in [1.807, 2.05) is 60.5 Å². The van der Waals surface area contributed by atoms with Crippen LogP contribution in [0.4, 0.5) is 0 Å². The summed E-state index contributed by atoms with van der Waals surface area (Å²) in [7, 11) is 1.88. The Morgan fingerprint density at radius 3 is 2.73 bits per heavy atom. The molecular formula is C21H24N2O2S. The van der Waals surface area contributed by atoms with E-state index < -0.39 is 0 Å². The minimum absolute atomic E-state index is 0.0558. The Morgan fingerprint density at radius 1 is 1.31 bits per heavy atom. The largest absolute Gasteiger partial charge is 0.350 e. The van der Waals surface area contributed by atoms with E-state index in [0.717, 1.165) is 23.1 Å². The van der Waals surface area contributed by atoms with Gasteiger partial charge in [-0.2, -0.15) is 11.3 Å². The third-order valence-electron chi connectivity index (χ3n) is 4.89. The SMILES string of the molecule is CCC(C)N(Cc1ccsc1)C(=O)c1cn(C)c2ccc(C)cc2c1=O. The van der Waals surface area contributed by atoms with E-state index in [4.69, 9.17) is 0 Å². The molecule has 26 heavy (non-hydrogen) atoms. The summed E-state index contributed by atoms with van der Waals surface area (Å²) in [4.78, 5) is 28.1. The lowest BCUT2D eigenvalue weighted by Gasteiger charge is -2.28. The molecule has 4 nitrogen and oxygen atoms in total. The van der Waals surface area contributed by atoms with Crippen LogP contribution in [0.5, 0.6) is 0 Å². The van der Waals surface area contributed by atoms with Gasteiger partial charge in [-0.3, -0.25) is 9.59 Å². The number of hydrogen-bond acceptors (Lipinski definition) is 3. The van der Waals surface area contributed by atoms with E-state index in [-0.39, 0.29) is 22.9 Å². The lowest BCUT2D eigenvalue weighted by Crippen LogP contribution is -2.40. The normalized spacial score (nSPS) is 12.3. The first kappa shape index (κ1) is 18.4. The molecule has 0 radical (unpaired) electrons. The number of aromatic nitrogens is 1. The van der Waals surface area contributed by atoms with Crippen molar-refractivity contribution in [3.63, 3.8) is 0 Å². The van der Waals surface area contributed by atoms with Gasteiger partial charge >= 0.3 is 0 Å². The van der Waals surface area contributed by atoms with E-state index in [0.29, 0.717) is 11.9 Å². The van der Waals surface area contributed by atoms with Gasteiger partial charge in [-0.25, -0.2) is 0 Å². The molecule has 0 saturated heterocycles. The number of aryl methyl sites for hydroxylation is 2. The zero-order chi connectivity index (χ0) is 18.8. The quantitative estimate of drug-likeness (QED) is 0.672. The molecule has 5 heteroatoms. The molecule has 0 bridgehead atoms. The monoisotopic (exact) mass is 368 g/mol. The number of hydrogen-bond donors (Lipinski definition) is 0. The number of thiophene rings is 1. The average Bonchev–Trinajstić information content (AvgIpc) is 3.14. The van der Waals surface area contributed by atoms with Gasteiger partial charge in [0, 0.05) is 31.2 Å². The van der Waals surface area contributed by atoms with E-state index in [1.165, 1.54) is 0 Å². The Kier molecular flexibility index (Phi) is 5.28. The maximum absolute atomic E-state index is 13.3. The molecule has 0 aliphatic heterocycles. The fourth-order valence-electron chi connectivity index (χ4n) is 3.14. The lowest BCUT2D eigenvalue weighted by molar-refractivity contribution is 0.0670. The zero-order valence-corrected chi connectivity index (χ0v) is 16.5. The highest BCUT2D eigenvalue weighted by atomic mass is 32.1. The molecule has 2 heterocycles. The van der Waals surface area contributed by atoms with Gasteiger partial charge in [0.2, 0.25) is 5.43 Å². The number of pyridine rings is 1. The van der Waals surface area contributed by atoms with Crippen molar-refractivity contribution < 1.29 is 4.79 Å². The van der Waals surface area contributed by atoms with Gasteiger partial charge in [0.05, 0.1) is 5.52 Å². The molecule has 3 aromatic rings. The molecule has 0 aliphatic carbocycles. The summed E-state index contributed by atoms with van der Waals surface area (Å²) in [5.74, 6) is -0.199. The topological polar surface area (TPSA) is 42.3 Å². The number of nitrogens with zero attached hydrogens (tertiary/aromatic N) is 2. The van der Waals surface area contributed by atoms with Gasteiger partial charge in [-0.1, -0.05) is 18.6 Å². The maximum atomic E-state index is 13.3. The van der Waals surface area contributed by atoms with Gasteiger partial charge < -0.3 is 9.47 Å². The van der Waals surface area contributed by atoms with E-state index in [1.54, 1.807) is 22.4 Å². The highest BCUT2D eigenvalue weighted by Crippen LogP contribution is 2.18. The van der Waals surface area contributed by atoms with E-state index in [9.17, 15) is 9.59 Å². The van der Waals surface area contributed by atoms with Gasteiger partial charge in [-0.15, -0.1) is 0 Å². The number of carbonyl (C=O) groups excluding carboxylic acids is 1. The van der Waals surface area contributed by atoms with Crippen LogP contribution >= 0.6 is 11.3 Å². The first-order valence-electron chi connectivity index (χ1n) is 8.84.